The minimum atomic E-state index is -0.199. The van der Waals surface area contributed by atoms with Gasteiger partial charge in [-0.1, -0.05) is 18.2 Å². The first kappa shape index (κ1) is 13.2. The summed E-state index contributed by atoms with van der Waals surface area (Å²) in [7, 11) is 0. The number of carbonyl (C=O) groups is 1. The first-order valence-corrected chi connectivity index (χ1v) is 6.11. The number of para-hydroxylation sites is 1. The van der Waals surface area contributed by atoms with Crippen LogP contribution in [-0.4, -0.2) is 30.1 Å². The Bertz CT molecular complexity index is 433. The van der Waals surface area contributed by atoms with Crippen LogP contribution in [0.15, 0.2) is 24.3 Å². The van der Waals surface area contributed by atoms with Crippen molar-refractivity contribution in [1.29, 1.82) is 0 Å². The Labute approximate surface area is 113 Å². The highest BCUT2D eigenvalue weighted by Crippen LogP contribution is 2.28. The van der Waals surface area contributed by atoms with E-state index in [1.54, 1.807) is 0 Å². The van der Waals surface area contributed by atoms with Crippen molar-refractivity contribution in [2.75, 3.05) is 13.1 Å². The van der Waals surface area contributed by atoms with Crippen molar-refractivity contribution in [2.45, 2.75) is 25.4 Å². The summed E-state index contributed by atoms with van der Waals surface area (Å²) in [5, 5.41) is 3.31. The molecule has 0 unspecified atom stereocenters. The smallest absolute Gasteiger partial charge is 0.410 e. The Morgan fingerprint density at radius 2 is 1.94 bits per heavy atom. The quantitative estimate of drug-likeness (QED) is 0.849. The Morgan fingerprint density at radius 1 is 1.22 bits per heavy atom. The molecule has 1 N–H and O–H groups in total. The number of halogens is 1. The predicted molar refractivity (Wildman–Crippen MR) is 71.1 cm³/mol. The lowest BCUT2D eigenvalue weighted by atomic mass is 10.0. The summed E-state index contributed by atoms with van der Waals surface area (Å²) in [6.45, 7) is 2.64. The molecule has 1 saturated heterocycles. The van der Waals surface area contributed by atoms with Crippen LogP contribution in [0.25, 0.3) is 0 Å². The van der Waals surface area contributed by atoms with E-state index in [-0.39, 0.29) is 18.5 Å². The van der Waals surface area contributed by atoms with E-state index in [0.29, 0.717) is 18.3 Å². The molecule has 98 valence electrons. The second kappa shape index (κ2) is 5.59. The third-order valence-corrected chi connectivity index (χ3v) is 3.49. The lowest BCUT2D eigenvalue weighted by Gasteiger charge is -2.36. The van der Waals surface area contributed by atoms with E-state index < -0.39 is 0 Å². The van der Waals surface area contributed by atoms with Crippen LogP contribution in [0.3, 0.4) is 0 Å². The Kier molecular flexibility index (Phi) is 4.09. The highest BCUT2D eigenvalue weighted by atomic mass is 35.5. The largest absolute Gasteiger partial charge is 0.415 e. The summed E-state index contributed by atoms with van der Waals surface area (Å²) in [5.74, 6) is 0.711. The number of nitrogens with one attached hydrogen (secondary N) is 1. The molecule has 0 aliphatic carbocycles. The topological polar surface area (TPSA) is 41.6 Å². The van der Waals surface area contributed by atoms with E-state index in [2.05, 4.69) is 5.32 Å². The zero-order valence-corrected chi connectivity index (χ0v) is 10.9. The molecule has 1 amide bonds. The molecule has 18 heavy (non-hydrogen) atoms. The first-order chi connectivity index (χ1) is 8.34. The summed E-state index contributed by atoms with van der Waals surface area (Å²) in [6, 6.07) is 8.07. The van der Waals surface area contributed by atoms with Gasteiger partial charge in [-0.15, -0.1) is 12.4 Å². The van der Waals surface area contributed by atoms with Crippen molar-refractivity contribution in [2.24, 2.45) is 0 Å². The molecule has 1 aromatic carbocycles. The fourth-order valence-corrected chi connectivity index (χ4v) is 2.53. The third kappa shape index (κ3) is 2.44. The van der Waals surface area contributed by atoms with Gasteiger partial charge in [0.2, 0.25) is 0 Å². The van der Waals surface area contributed by atoms with E-state index in [4.69, 9.17) is 4.74 Å². The van der Waals surface area contributed by atoms with Gasteiger partial charge in [0.15, 0.2) is 0 Å². The summed E-state index contributed by atoms with van der Waals surface area (Å²) < 4.78 is 5.36. The van der Waals surface area contributed by atoms with Gasteiger partial charge in [0.25, 0.3) is 0 Å². The van der Waals surface area contributed by atoms with Gasteiger partial charge >= 0.3 is 6.09 Å². The number of benzene rings is 1. The van der Waals surface area contributed by atoms with Crippen LogP contribution in [0.2, 0.25) is 0 Å². The molecule has 0 bridgehead atoms. The fourth-order valence-electron chi connectivity index (χ4n) is 2.53. The van der Waals surface area contributed by atoms with Crippen LogP contribution >= 0.6 is 12.4 Å². The summed E-state index contributed by atoms with van der Waals surface area (Å²) in [6.07, 6.45) is 1.82. The van der Waals surface area contributed by atoms with Crippen LogP contribution in [0, 0.1) is 0 Å². The average molecular weight is 269 g/mol. The summed E-state index contributed by atoms with van der Waals surface area (Å²) in [5.41, 5.74) is 1.10. The van der Waals surface area contributed by atoms with Gasteiger partial charge in [-0.2, -0.15) is 0 Å². The van der Waals surface area contributed by atoms with Crippen molar-refractivity contribution in [3.8, 4) is 5.75 Å². The molecule has 0 saturated carbocycles. The van der Waals surface area contributed by atoms with E-state index in [9.17, 15) is 4.79 Å². The van der Waals surface area contributed by atoms with Crippen molar-refractivity contribution in [1.82, 2.24) is 10.2 Å². The maximum atomic E-state index is 11.9. The molecule has 2 aliphatic rings. The molecule has 5 heteroatoms. The number of hydrogen-bond donors (Lipinski definition) is 1. The maximum Gasteiger partial charge on any atom is 0.415 e. The predicted octanol–water partition coefficient (Wildman–Crippen LogP) is 2.17. The van der Waals surface area contributed by atoms with Gasteiger partial charge in [0.1, 0.15) is 5.75 Å². The first-order valence-electron chi connectivity index (χ1n) is 6.11. The van der Waals surface area contributed by atoms with Crippen LogP contribution in [0.4, 0.5) is 4.79 Å². The Balaban J connectivity index is 0.00000120. The highest BCUT2D eigenvalue weighted by molar-refractivity contribution is 5.85. The van der Waals surface area contributed by atoms with E-state index >= 15 is 0 Å². The molecule has 0 atom stereocenters. The van der Waals surface area contributed by atoms with Crippen LogP contribution in [0.5, 0.6) is 5.75 Å². The maximum absolute atomic E-state index is 11.9. The van der Waals surface area contributed by atoms with Gasteiger partial charge in [-0.05, 0) is 32.0 Å². The summed E-state index contributed by atoms with van der Waals surface area (Å²) >= 11 is 0. The SMILES string of the molecule is Cl.O=C1Oc2ccccc2CN1C1CCNCC1. The molecule has 1 aromatic rings. The monoisotopic (exact) mass is 268 g/mol. The average Bonchev–Trinajstić information content (AvgIpc) is 2.39. The molecule has 2 heterocycles. The van der Waals surface area contributed by atoms with E-state index in [0.717, 1.165) is 31.5 Å². The van der Waals surface area contributed by atoms with Crippen molar-refractivity contribution in [3.05, 3.63) is 29.8 Å². The van der Waals surface area contributed by atoms with E-state index in [1.807, 2.05) is 29.2 Å². The zero-order chi connectivity index (χ0) is 11.7. The van der Waals surface area contributed by atoms with Crippen LogP contribution in [-0.2, 0) is 6.54 Å². The number of ether oxygens (including phenoxy) is 1. The number of nitrogens with zero attached hydrogens (tertiary/aromatic N) is 1. The van der Waals surface area contributed by atoms with Crippen LogP contribution in [0.1, 0.15) is 18.4 Å². The standard InChI is InChI=1S/C13H16N2O2.ClH/c16-13-15(11-5-7-14-8-6-11)9-10-3-1-2-4-12(10)17-13;/h1-4,11,14H,5-9H2;1H. The second-order valence-corrected chi connectivity index (χ2v) is 4.58. The van der Waals surface area contributed by atoms with Gasteiger partial charge in [-0.25, -0.2) is 4.79 Å². The normalized spacial score (nSPS) is 19.8. The molecule has 2 aliphatic heterocycles. The number of piperidine rings is 1. The molecule has 0 aromatic heterocycles. The molecule has 1 fully saturated rings. The summed E-state index contributed by atoms with van der Waals surface area (Å²) in [4.78, 5) is 13.8. The number of amides is 1. The number of carbonyl (C=O) groups excluding carboxylic acids is 1. The van der Waals surface area contributed by atoms with Crippen molar-refractivity contribution < 1.29 is 9.53 Å². The van der Waals surface area contributed by atoms with Crippen LogP contribution < -0.4 is 10.1 Å². The lowest BCUT2D eigenvalue weighted by molar-refractivity contribution is 0.104. The minimum absolute atomic E-state index is 0. The zero-order valence-electron chi connectivity index (χ0n) is 10.1. The van der Waals surface area contributed by atoms with Gasteiger partial charge in [0, 0.05) is 11.6 Å². The minimum Gasteiger partial charge on any atom is -0.410 e. The van der Waals surface area contributed by atoms with Crippen molar-refractivity contribution in [3.63, 3.8) is 0 Å². The van der Waals surface area contributed by atoms with Crippen molar-refractivity contribution >= 4 is 18.5 Å². The molecule has 0 spiro atoms. The lowest BCUT2D eigenvalue weighted by Crippen LogP contribution is -2.48. The van der Waals surface area contributed by atoms with E-state index in [1.165, 1.54) is 0 Å². The van der Waals surface area contributed by atoms with Gasteiger partial charge in [-0.3, -0.25) is 0 Å². The third-order valence-electron chi connectivity index (χ3n) is 3.49. The fraction of sp³-hybridized carbons (Fsp3) is 0.462. The number of rotatable bonds is 1. The molecular formula is C13H17ClN2O2. The number of hydrogen-bond acceptors (Lipinski definition) is 3. The molecular weight excluding hydrogens is 252 g/mol. The Hall–Kier alpha value is -1.26. The number of fused-ring (bicyclic) bond motifs is 1. The Morgan fingerprint density at radius 3 is 2.72 bits per heavy atom. The second-order valence-electron chi connectivity index (χ2n) is 4.58. The van der Waals surface area contributed by atoms with Gasteiger partial charge in [0.05, 0.1) is 6.54 Å². The molecule has 4 nitrogen and oxygen atoms in total. The van der Waals surface area contributed by atoms with Gasteiger partial charge < -0.3 is 15.0 Å². The molecule has 3 rings (SSSR count). The highest BCUT2D eigenvalue weighted by Gasteiger charge is 2.31. The molecule has 0 radical (unpaired) electrons.